The highest BCUT2D eigenvalue weighted by Gasteiger charge is 2.41. The molecule has 1 aliphatic rings. The molecule has 2 atom stereocenters. The molecule has 1 fully saturated rings. The molecule has 1 amide bonds. The number of carbonyl (C=O) groups is 2. The molecule has 6 nitrogen and oxygen atoms in total. The highest BCUT2D eigenvalue weighted by Crippen LogP contribution is 2.25. The average molecular weight is 445 g/mol. The number of piperidine rings is 1. The summed E-state index contributed by atoms with van der Waals surface area (Å²) in [7, 11) is 0. The van der Waals surface area contributed by atoms with Crippen LogP contribution >= 0.6 is 0 Å². The van der Waals surface area contributed by atoms with Gasteiger partial charge in [0.1, 0.15) is 11.8 Å². The minimum absolute atomic E-state index is 0.167. The van der Waals surface area contributed by atoms with E-state index in [2.05, 4.69) is 21.4 Å². The molecule has 9 heteroatoms. The van der Waals surface area contributed by atoms with Crippen LogP contribution in [-0.4, -0.2) is 36.7 Å². The average Bonchev–Trinajstić information content (AvgIpc) is 2.79. The van der Waals surface area contributed by atoms with Crippen LogP contribution in [0.4, 0.5) is 13.2 Å². The number of alkyl halides is 3. The quantitative estimate of drug-likeness (QED) is 0.525. The second-order valence-corrected chi connectivity index (χ2v) is 7.51. The first-order valence-corrected chi connectivity index (χ1v) is 10.2. The number of rotatable bonds is 6. The van der Waals surface area contributed by atoms with E-state index in [1.165, 1.54) is 12.1 Å². The molecule has 0 unspecified atom stereocenters. The van der Waals surface area contributed by atoms with Gasteiger partial charge < -0.3 is 15.4 Å². The number of nitrogens with one attached hydrogen (secondary N) is 2. The summed E-state index contributed by atoms with van der Waals surface area (Å²) in [5.74, 6) is -2.64. The minimum atomic E-state index is -5.05. The molecule has 0 spiro atoms. The molecule has 1 aliphatic heterocycles. The smallest absolute Gasteiger partial charge is 0.420 e. The van der Waals surface area contributed by atoms with E-state index in [-0.39, 0.29) is 17.7 Å². The Hall–Kier alpha value is -3.38. The van der Waals surface area contributed by atoms with Crippen molar-refractivity contribution in [2.75, 3.05) is 6.54 Å². The fourth-order valence-corrected chi connectivity index (χ4v) is 3.43. The number of benzene rings is 2. The summed E-state index contributed by atoms with van der Waals surface area (Å²) in [6, 6.07) is 14.1. The van der Waals surface area contributed by atoms with Gasteiger partial charge >= 0.3 is 12.1 Å². The van der Waals surface area contributed by atoms with Gasteiger partial charge in [0.15, 0.2) is 0 Å². The van der Waals surface area contributed by atoms with Crippen molar-refractivity contribution >= 4 is 11.9 Å². The number of esters is 1. The fraction of sp³-hybridized carbons (Fsp3) is 0.348. The summed E-state index contributed by atoms with van der Waals surface area (Å²) < 4.78 is 41.1. The summed E-state index contributed by atoms with van der Waals surface area (Å²) in [5, 5.41) is 15.3. The molecule has 3 rings (SSSR count). The summed E-state index contributed by atoms with van der Waals surface area (Å²) in [6.45, 7) is 0.794. The molecule has 32 heavy (non-hydrogen) atoms. The first kappa shape index (κ1) is 23.3. The molecule has 2 N–H and O–H groups in total. The molecule has 2 aromatic carbocycles. The third-order valence-electron chi connectivity index (χ3n) is 5.12. The van der Waals surface area contributed by atoms with Gasteiger partial charge in [0, 0.05) is 6.42 Å². The number of hydrogen-bond donors (Lipinski definition) is 2. The number of nitriles is 1. The summed E-state index contributed by atoms with van der Waals surface area (Å²) in [4.78, 5) is 23.2. The van der Waals surface area contributed by atoms with Crippen LogP contribution < -0.4 is 15.4 Å². The SMILES string of the molecule is N#C[C@H](Cc1ccc(-c2ccc(OC(=O)C(F)(F)F)cc2)cc1)NC(=O)[C@@H]1CCCCN1. The zero-order chi connectivity index (χ0) is 23.1. The molecule has 0 radical (unpaired) electrons. The molecule has 0 saturated carbocycles. The fourth-order valence-electron chi connectivity index (χ4n) is 3.43. The maximum Gasteiger partial charge on any atom is 0.491 e. The van der Waals surface area contributed by atoms with E-state index < -0.39 is 18.2 Å². The van der Waals surface area contributed by atoms with Gasteiger partial charge in [0.05, 0.1) is 12.1 Å². The summed E-state index contributed by atoms with van der Waals surface area (Å²) in [6.07, 6.45) is -1.93. The van der Waals surface area contributed by atoms with Gasteiger partial charge in [-0.1, -0.05) is 42.8 Å². The third-order valence-corrected chi connectivity index (χ3v) is 5.12. The Labute approximate surface area is 183 Å². The van der Waals surface area contributed by atoms with Crippen molar-refractivity contribution in [2.24, 2.45) is 0 Å². The molecule has 0 aliphatic carbocycles. The zero-order valence-corrected chi connectivity index (χ0v) is 17.1. The van der Waals surface area contributed by atoms with E-state index in [0.29, 0.717) is 6.42 Å². The summed E-state index contributed by atoms with van der Waals surface area (Å²) >= 11 is 0. The van der Waals surface area contributed by atoms with Crippen LogP contribution in [0.25, 0.3) is 11.1 Å². The lowest BCUT2D eigenvalue weighted by molar-refractivity contribution is -0.189. The van der Waals surface area contributed by atoms with E-state index in [1.54, 1.807) is 12.1 Å². The molecule has 168 valence electrons. The molecule has 2 aromatic rings. The Kier molecular flexibility index (Phi) is 7.49. The highest BCUT2D eigenvalue weighted by molar-refractivity contribution is 5.82. The van der Waals surface area contributed by atoms with Crippen LogP contribution in [0.5, 0.6) is 5.75 Å². The van der Waals surface area contributed by atoms with Gasteiger partial charge in [-0.3, -0.25) is 4.79 Å². The Morgan fingerprint density at radius 1 is 1.09 bits per heavy atom. The lowest BCUT2D eigenvalue weighted by Crippen LogP contribution is -2.49. The predicted molar refractivity (Wildman–Crippen MR) is 110 cm³/mol. The van der Waals surface area contributed by atoms with Crippen LogP contribution in [0.1, 0.15) is 24.8 Å². The number of nitrogens with zero attached hydrogens (tertiary/aromatic N) is 1. The van der Waals surface area contributed by atoms with E-state index in [0.717, 1.165) is 42.5 Å². The Morgan fingerprint density at radius 3 is 2.25 bits per heavy atom. The molecule has 0 aromatic heterocycles. The molecule has 0 bridgehead atoms. The second-order valence-electron chi connectivity index (χ2n) is 7.51. The summed E-state index contributed by atoms with van der Waals surface area (Å²) in [5.41, 5.74) is 2.37. The lowest BCUT2D eigenvalue weighted by atomic mass is 10.00. The predicted octanol–water partition coefficient (Wildman–Crippen LogP) is 3.51. The number of amides is 1. The number of ether oxygens (including phenoxy) is 1. The van der Waals surface area contributed by atoms with Gasteiger partial charge in [-0.2, -0.15) is 18.4 Å². The molecular weight excluding hydrogens is 423 g/mol. The molecular formula is C23H22F3N3O3. The molecule has 1 saturated heterocycles. The maximum atomic E-state index is 12.3. The van der Waals surface area contributed by atoms with Crippen LogP contribution in [0, 0.1) is 11.3 Å². The normalized spacial score (nSPS) is 17.1. The van der Waals surface area contributed by atoms with Gasteiger partial charge in [-0.25, -0.2) is 4.79 Å². The maximum absolute atomic E-state index is 12.3. The first-order chi connectivity index (χ1) is 15.3. The lowest BCUT2D eigenvalue weighted by Gasteiger charge is -2.23. The Morgan fingerprint density at radius 2 is 1.72 bits per heavy atom. The van der Waals surface area contributed by atoms with Crippen molar-refractivity contribution in [3.05, 3.63) is 54.1 Å². The number of hydrogen-bond acceptors (Lipinski definition) is 5. The van der Waals surface area contributed by atoms with Crippen molar-refractivity contribution in [1.82, 2.24) is 10.6 Å². The van der Waals surface area contributed by atoms with Crippen molar-refractivity contribution in [3.8, 4) is 22.9 Å². The largest absolute Gasteiger partial charge is 0.491 e. The molecule has 1 heterocycles. The number of halogens is 3. The van der Waals surface area contributed by atoms with Crippen molar-refractivity contribution in [1.29, 1.82) is 5.26 Å². The van der Waals surface area contributed by atoms with Gasteiger partial charge in [0.2, 0.25) is 5.91 Å². The van der Waals surface area contributed by atoms with Crippen molar-refractivity contribution < 1.29 is 27.5 Å². The Bertz CT molecular complexity index is 977. The highest BCUT2D eigenvalue weighted by atomic mass is 19.4. The Balaban J connectivity index is 1.58. The van der Waals surface area contributed by atoms with Crippen LogP contribution in [0.3, 0.4) is 0 Å². The van der Waals surface area contributed by atoms with Crippen molar-refractivity contribution in [2.45, 2.75) is 43.9 Å². The van der Waals surface area contributed by atoms with E-state index in [4.69, 9.17) is 0 Å². The topological polar surface area (TPSA) is 91.2 Å². The van der Waals surface area contributed by atoms with Crippen LogP contribution in [0.2, 0.25) is 0 Å². The van der Waals surface area contributed by atoms with Crippen LogP contribution in [0.15, 0.2) is 48.5 Å². The van der Waals surface area contributed by atoms with Crippen molar-refractivity contribution in [3.63, 3.8) is 0 Å². The second kappa shape index (κ2) is 10.3. The zero-order valence-electron chi connectivity index (χ0n) is 17.1. The van der Waals surface area contributed by atoms with Gasteiger partial charge in [-0.15, -0.1) is 0 Å². The van der Waals surface area contributed by atoms with Gasteiger partial charge in [-0.05, 0) is 48.2 Å². The van der Waals surface area contributed by atoms with Gasteiger partial charge in [0.25, 0.3) is 0 Å². The number of carbonyl (C=O) groups excluding carboxylic acids is 2. The minimum Gasteiger partial charge on any atom is -0.420 e. The third kappa shape index (κ3) is 6.31. The van der Waals surface area contributed by atoms with Crippen LogP contribution in [-0.2, 0) is 16.0 Å². The standard InChI is InChI=1S/C23H22F3N3O3/c24-23(25,26)22(31)32-19-10-8-17(9-11-19)16-6-4-15(5-7-16)13-18(14-27)29-21(30)20-3-1-2-12-28-20/h4-11,18,20,28H,1-3,12-13H2,(H,29,30)/t18-,20-/m0/s1. The van der Waals surface area contributed by atoms with E-state index in [1.807, 2.05) is 24.3 Å². The first-order valence-electron chi connectivity index (χ1n) is 10.2. The monoisotopic (exact) mass is 445 g/mol. The van der Waals surface area contributed by atoms with E-state index >= 15 is 0 Å². The van der Waals surface area contributed by atoms with E-state index in [9.17, 15) is 28.0 Å².